The van der Waals surface area contributed by atoms with Gasteiger partial charge >= 0.3 is 6.01 Å². The van der Waals surface area contributed by atoms with Gasteiger partial charge in [0.1, 0.15) is 5.82 Å². The van der Waals surface area contributed by atoms with Gasteiger partial charge in [-0.3, -0.25) is 0 Å². The van der Waals surface area contributed by atoms with Crippen LogP contribution in [0.15, 0.2) is 16.8 Å². The number of aromatic nitrogens is 4. The fourth-order valence-electron chi connectivity index (χ4n) is 1.21. The summed E-state index contributed by atoms with van der Waals surface area (Å²) in [5.41, 5.74) is 5.60. The Hall–Kier alpha value is -1.89. The lowest BCUT2D eigenvalue weighted by molar-refractivity contribution is 0.472. The molecule has 0 amide bonds. The zero-order chi connectivity index (χ0) is 11.5. The molecule has 0 fully saturated rings. The normalized spacial score (nSPS) is 12.7. The number of nitrogens with one attached hydrogen (secondary N) is 1. The van der Waals surface area contributed by atoms with E-state index in [1.54, 1.807) is 13.1 Å². The Bertz CT molecular complexity index is 460. The Morgan fingerprint density at radius 3 is 2.94 bits per heavy atom. The summed E-state index contributed by atoms with van der Waals surface area (Å²) >= 11 is 0. The number of hydrogen-bond acceptors (Lipinski definition) is 6. The quantitative estimate of drug-likeness (QED) is 0.779. The van der Waals surface area contributed by atoms with Crippen molar-refractivity contribution >= 4 is 6.01 Å². The first-order chi connectivity index (χ1) is 7.66. The molecule has 0 radical (unpaired) electrons. The largest absolute Gasteiger partial charge is 0.406 e. The fourth-order valence-corrected chi connectivity index (χ4v) is 1.21. The van der Waals surface area contributed by atoms with Crippen LogP contribution < -0.4 is 11.1 Å². The van der Waals surface area contributed by atoms with E-state index < -0.39 is 0 Å². The lowest BCUT2D eigenvalue weighted by Crippen LogP contribution is -2.06. The molecule has 0 aliphatic carbocycles. The maximum Gasteiger partial charge on any atom is 0.315 e. The highest BCUT2D eigenvalue weighted by Gasteiger charge is 2.09. The second kappa shape index (κ2) is 4.31. The van der Waals surface area contributed by atoms with Gasteiger partial charge in [-0.05, 0) is 6.92 Å². The van der Waals surface area contributed by atoms with Crippen molar-refractivity contribution in [2.75, 3.05) is 5.32 Å². The van der Waals surface area contributed by atoms with Gasteiger partial charge in [0.05, 0.1) is 12.6 Å². The summed E-state index contributed by atoms with van der Waals surface area (Å²) < 4.78 is 7.20. The van der Waals surface area contributed by atoms with Gasteiger partial charge in [0.2, 0.25) is 5.89 Å². The van der Waals surface area contributed by atoms with Crippen molar-refractivity contribution in [2.24, 2.45) is 12.8 Å². The highest BCUT2D eigenvalue weighted by atomic mass is 16.4. The number of anilines is 1. The van der Waals surface area contributed by atoms with Crippen molar-refractivity contribution in [3.63, 3.8) is 0 Å². The summed E-state index contributed by atoms with van der Waals surface area (Å²) in [6.07, 6.45) is 3.61. The first kappa shape index (κ1) is 10.6. The van der Waals surface area contributed by atoms with Gasteiger partial charge in [0, 0.05) is 19.4 Å². The van der Waals surface area contributed by atoms with Crippen molar-refractivity contribution in [1.82, 2.24) is 19.7 Å². The third-order valence-corrected chi connectivity index (χ3v) is 2.15. The van der Waals surface area contributed by atoms with Crippen molar-refractivity contribution in [2.45, 2.75) is 19.5 Å². The standard InChI is InChI=1S/C9H14N6O/c1-6(10)8-13-14-9(16-8)12-5-7-11-3-4-15(7)2/h3-4,6H,5,10H2,1-2H3,(H,12,14). The Balaban J connectivity index is 1.97. The van der Waals surface area contributed by atoms with Gasteiger partial charge in [0.25, 0.3) is 0 Å². The van der Waals surface area contributed by atoms with E-state index in [0.29, 0.717) is 18.5 Å². The molecule has 0 aromatic carbocycles. The third kappa shape index (κ3) is 2.19. The highest BCUT2D eigenvalue weighted by molar-refractivity contribution is 5.18. The van der Waals surface area contributed by atoms with Crippen LogP contribution in [0.5, 0.6) is 0 Å². The predicted octanol–water partition coefficient (Wildman–Crippen LogP) is 0.435. The molecule has 0 saturated heterocycles. The number of nitrogens with two attached hydrogens (primary N) is 1. The average molecular weight is 222 g/mol. The molecule has 0 bridgehead atoms. The average Bonchev–Trinajstić information content (AvgIpc) is 2.83. The molecule has 1 unspecified atom stereocenters. The lowest BCUT2D eigenvalue weighted by atomic mass is 10.4. The van der Waals surface area contributed by atoms with Crippen LogP contribution in [0.25, 0.3) is 0 Å². The second-order valence-corrected chi connectivity index (χ2v) is 3.54. The van der Waals surface area contributed by atoms with Crippen LogP contribution in [0.1, 0.15) is 24.7 Å². The topological polar surface area (TPSA) is 94.8 Å². The van der Waals surface area contributed by atoms with Gasteiger partial charge in [-0.2, -0.15) is 0 Å². The molecule has 2 rings (SSSR count). The molecule has 3 N–H and O–H groups in total. The van der Waals surface area contributed by atoms with Gasteiger partial charge in [0.15, 0.2) is 0 Å². The van der Waals surface area contributed by atoms with E-state index in [1.165, 1.54) is 0 Å². The molecule has 2 heterocycles. The van der Waals surface area contributed by atoms with E-state index >= 15 is 0 Å². The van der Waals surface area contributed by atoms with Crippen molar-refractivity contribution in [3.8, 4) is 0 Å². The summed E-state index contributed by atoms with van der Waals surface area (Å²) in [6, 6.07) is 0.103. The zero-order valence-corrected chi connectivity index (χ0v) is 9.21. The van der Waals surface area contributed by atoms with Crippen LogP contribution >= 0.6 is 0 Å². The second-order valence-electron chi connectivity index (χ2n) is 3.54. The molecule has 1 atom stereocenters. The van der Waals surface area contributed by atoms with Crippen LogP contribution in [-0.4, -0.2) is 19.7 Å². The smallest absolute Gasteiger partial charge is 0.315 e. The van der Waals surface area contributed by atoms with Crippen LogP contribution in [0, 0.1) is 0 Å². The number of nitrogens with zero attached hydrogens (tertiary/aromatic N) is 4. The molecule has 16 heavy (non-hydrogen) atoms. The maximum atomic E-state index is 5.60. The molecule has 2 aromatic heterocycles. The highest BCUT2D eigenvalue weighted by Crippen LogP contribution is 2.11. The van der Waals surface area contributed by atoms with Crippen LogP contribution in [0.4, 0.5) is 6.01 Å². The minimum atomic E-state index is -0.254. The van der Waals surface area contributed by atoms with Crippen molar-refractivity contribution < 1.29 is 4.42 Å². The molecule has 2 aromatic rings. The number of hydrogen-bond donors (Lipinski definition) is 2. The van der Waals surface area contributed by atoms with E-state index in [-0.39, 0.29) is 6.04 Å². The summed E-state index contributed by atoms with van der Waals surface area (Å²) in [5, 5.41) is 10.6. The fraction of sp³-hybridized carbons (Fsp3) is 0.444. The predicted molar refractivity (Wildman–Crippen MR) is 57.4 cm³/mol. The number of rotatable bonds is 4. The van der Waals surface area contributed by atoms with E-state index in [9.17, 15) is 0 Å². The molecule has 0 aliphatic rings. The zero-order valence-electron chi connectivity index (χ0n) is 9.21. The van der Waals surface area contributed by atoms with Gasteiger partial charge in [-0.15, -0.1) is 5.10 Å². The summed E-state index contributed by atoms with van der Waals surface area (Å²) in [5.74, 6) is 1.31. The molecule has 0 saturated carbocycles. The summed E-state index contributed by atoms with van der Waals surface area (Å²) in [6.45, 7) is 2.32. The minimum absolute atomic E-state index is 0.254. The van der Waals surface area contributed by atoms with E-state index in [0.717, 1.165) is 5.82 Å². The Labute approximate surface area is 92.7 Å². The van der Waals surface area contributed by atoms with Gasteiger partial charge in [-0.25, -0.2) is 4.98 Å². The molecule has 86 valence electrons. The monoisotopic (exact) mass is 222 g/mol. The number of imidazole rings is 1. The first-order valence-corrected chi connectivity index (χ1v) is 4.96. The maximum absolute atomic E-state index is 5.60. The van der Waals surface area contributed by atoms with Crippen LogP contribution in [0.2, 0.25) is 0 Å². The molecular weight excluding hydrogens is 208 g/mol. The first-order valence-electron chi connectivity index (χ1n) is 4.96. The molecule has 7 heteroatoms. The number of aryl methyl sites for hydroxylation is 1. The SMILES string of the molecule is CC(N)c1nnc(NCc2nccn2C)o1. The minimum Gasteiger partial charge on any atom is -0.406 e. The molecule has 0 aliphatic heterocycles. The Kier molecular flexibility index (Phi) is 2.86. The Morgan fingerprint density at radius 1 is 1.56 bits per heavy atom. The molecular formula is C9H14N6O. The summed E-state index contributed by atoms with van der Waals surface area (Å²) in [4.78, 5) is 4.16. The van der Waals surface area contributed by atoms with E-state index in [2.05, 4.69) is 20.5 Å². The lowest BCUT2D eigenvalue weighted by Gasteiger charge is -2.01. The van der Waals surface area contributed by atoms with Crippen LogP contribution in [0.3, 0.4) is 0 Å². The third-order valence-electron chi connectivity index (χ3n) is 2.15. The Morgan fingerprint density at radius 2 is 2.38 bits per heavy atom. The van der Waals surface area contributed by atoms with Crippen molar-refractivity contribution in [3.05, 3.63) is 24.1 Å². The van der Waals surface area contributed by atoms with E-state index in [1.807, 2.05) is 17.8 Å². The summed E-state index contributed by atoms with van der Waals surface area (Å²) in [7, 11) is 1.92. The van der Waals surface area contributed by atoms with Crippen molar-refractivity contribution in [1.29, 1.82) is 0 Å². The molecule has 0 spiro atoms. The van der Waals surface area contributed by atoms with Gasteiger partial charge < -0.3 is 20.0 Å². The van der Waals surface area contributed by atoms with E-state index in [4.69, 9.17) is 10.2 Å². The van der Waals surface area contributed by atoms with Crippen LogP contribution in [-0.2, 0) is 13.6 Å². The molecule has 7 nitrogen and oxygen atoms in total. The van der Waals surface area contributed by atoms with Gasteiger partial charge in [-0.1, -0.05) is 5.10 Å².